The van der Waals surface area contributed by atoms with Gasteiger partial charge in [0, 0.05) is 23.6 Å². The van der Waals surface area contributed by atoms with Gasteiger partial charge in [0.1, 0.15) is 5.84 Å². The number of carbonyl (C=O) groups is 3. The number of amidine groups is 1. The molecule has 34 heavy (non-hydrogen) atoms. The van der Waals surface area contributed by atoms with Crippen LogP contribution in [0.4, 0.5) is 9.59 Å². The van der Waals surface area contributed by atoms with Gasteiger partial charge in [-0.05, 0) is 43.7 Å². The van der Waals surface area contributed by atoms with Gasteiger partial charge in [0.2, 0.25) is 0 Å². The van der Waals surface area contributed by atoms with E-state index in [0.29, 0.717) is 18.1 Å². The second kappa shape index (κ2) is 11.5. The molecule has 1 aliphatic heterocycles. The van der Waals surface area contributed by atoms with Gasteiger partial charge >= 0.3 is 12.2 Å². The number of ether oxygens (including phenoxy) is 2. The smallest absolute Gasteiger partial charge is 0.430 e. The lowest BCUT2D eigenvalue weighted by Gasteiger charge is -2.41. The molecule has 0 saturated heterocycles. The van der Waals surface area contributed by atoms with Gasteiger partial charge in [0.05, 0.1) is 19.8 Å². The molecular formula is C24H27ClN4O5. The number of benzene rings is 2. The quantitative estimate of drug-likeness (QED) is 0.435. The molecule has 0 spiro atoms. The summed E-state index contributed by atoms with van der Waals surface area (Å²) < 4.78 is 10.3. The van der Waals surface area contributed by atoms with E-state index >= 15 is 0 Å². The van der Waals surface area contributed by atoms with E-state index in [1.807, 2.05) is 30.3 Å². The standard InChI is InChI=1S/C24H27ClN4O5/c1-3-33-22(31)28-29(23(32)34-4-2)24(21-26-14-15-27-21,16-17-8-6-5-7-9-17)20(30)18-10-12-19(25)13-11-18/h5-13H,3-4,14-16H2,1-2H3,(H,26,27)(H,28,31). The van der Waals surface area contributed by atoms with Crippen LogP contribution < -0.4 is 10.7 Å². The van der Waals surface area contributed by atoms with E-state index in [0.717, 1.165) is 10.6 Å². The fraction of sp³-hybridized carbons (Fsp3) is 0.333. The minimum absolute atomic E-state index is 0.00630. The Morgan fingerprint density at radius 2 is 1.74 bits per heavy atom. The highest BCUT2D eigenvalue weighted by atomic mass is 35.5. The van der Waals surface area contributed by atoms with Gasteiger partial charge < -0.3 is 14.8 Å². The highest BCUT2D eigenvalue weighted by molar-refractivity contribution is 6.30. The molecule has 1 atom stereocenters. The molecule has 1 unspecified atom stereocenters. The Labute approximate surface area is 203 Å². The summed E-state index contributed by atoms with van der Waals surface area (Å²) in [5.41, 5.74) is 1.66. The van der Waals surface area contributed by atoms with Crippen LogP contribution in [-0.4, -0.2) is 60.7 Å². The van der Waals surface area contributed by atoms with Gasteiger partial charge in [-0.1, -0.05) is 41.9 Å². The summed E-state index contributed by atoms with van der Waals surface area (Å²) >= 11 is 6.04. The molecular weight excluding hydrogens is 460 g/mol. The molecule has 1 aliphatic rings. The summed E-state index contributed by atoms with van der Waals surface area (Å²) in [7, 11) is 0. The van der Waals surface area contributed by atoms with Crippen molar-refractivity contribution in [3.63, 3.8) is 0 Å². The molecule has 0 aliphatic carbocycles. The number of nitrogens with one attached hydrogen (secondary N) is 2. The zero-order valence-corrected chi connectivity index (χ0v) is 19.8. The fourth-order valence-corrected chi connectivity index (χ4v) is 3.83. The molecule has 10 heteroatoms. The number of nitrogens with zero attached hydrogens (tertiary/aromatic N) is 2. The summed E-state index contributed by atoms with van der Waals surface area (Å²) in [4.78, 5) is 44.5. The number of hydrogen-bond acceptors (Lipinski definition) is 7. The van der Waals surface area contributed by atoms with Crippen LogP contribution in [0.3, 0.4) is 0 Å². The zero-order chi connectivity index (χ0) is 24.6. The summed E-state index contributed by atoms with van der Waals surface area (Å²) in [5.74, 6) is -0.243. The Hall–Kier alpha value is -3.59. The normalized spacial score (nSPS) is 14.3. The Morgan fingerprint density at radius 1 is 1.06 bits per heavy atom. The lowest BCUT2D eigenvalue weighted by atomic mass is 9.81. The number of rotatable bonds is 8. The molecule has 2 N–H and O–H groups in total. The Bertz CT molecular complexity index is 1050. The molecule has 2 aromatic rings. The predicted octanol–water partition coefficient (Wildman–Crippen LogP) is 3.63. The van der Waals surface area contributed by atoms with E-state index in [2.05, 4.69) is 15.7 Å². The van der Waals surface area contributed by atoms with Crippen molar-refractivity contribution in [3.05, 3.63) is 70.7 Å². The summed E-state index contributed by atoms with van der Waals surface area (Å²) in [6.45, 7) is 4.22. The first-order valence-electron chi connectivity index (χ1n) is 11.0. The number of carbonyl (C=O) groups excluding carboxylic acids is 3. The summed E-state index contributed by atoms with van der Waals surface area (Å²) in [6, 6.07) is 15.4. The number of amides is 2. The monoisotopic (exact) mass is 486 g/mol. The highest BCUT2D eigenvalue weighted by Gasteiger charge is 2.54. The first-order chi connectivity index (χ1) is 16.4. The molecule has 0 saturated carbocycles. The van der Waals surface area contributed by atoms with Crippen molar-refractivity contribution in [3.8, 4) is 0 Å². The van der Waals surface area contributed by atoms with Gasteiger partial charge in [-0.2, -0.15) is 5.01 Å². The summed E-state index contributed by atoms with van der Waals surface area (Å²) in [6.07, 6.45) is -1.83. The molecule has 0 bridgehead atoms. The molecule has 2 amide bonds. The van der Waals surface area contributed by atoms with Crippen molar-refractivity contribution < 1.29 is 23.9 Å². The zero-order valence-electron chi connectivity index (χ0n) is 19.0. The van der Waals surface area contributed by atoms with Crippen LogP contribution in [0.15, 0.2) is 59.6 Å². The minimum atomic E-state index is -1.79. The molecule has 3 rings (SSSR count). The molecule has 2 aromatic carbocycles. The highest BCUT2D eigenvalue weighted by Crippen LogP contribution is 2.29. The lowest BCUT2D eigenvalue weighted by Crippen LogP contribution is -2.70. The molecule has 1 heterocycles. The van der Waals surface area contributed by atoms with Crippen molar-refractivity contribution in [2.75, 3.05) is 26.3 Å². The van der Waals surface area contributed by atoms with Crippen molar-refractivity contribution >= 4 is 35.4 Å². The number of hydrogen-bond donors (Lipinski definition) is 2. The second-order valence-electron chi connectivity index (χ2n) is 7.38. The van der Waals surface area contributed by atoms with E-state index in [4.69, 9.17) is 21.1 Å². The van der Waals surface area contributed by atoms with Gasteiger partial charge in [0.25, 0.3) is 0 Å². The van der Waals surface area contributed by atoms with Crippen molar-refractivity contribution in [1.29, 1.82) is 0 Å². The largest absolute Gasteiger partial charge is 0.449 e. The van der Waals surface area contributed by atoms with Crippen LogP contribution in [0, 0.1) is 0 Å². The lowest BCUT2D eigenvalue weighted by molar-refractivity contribution is 0.0348. The van der Waals surface area contributed by atoms with E-state index in [1.54, 1.807) is 38.1 Å². The maximum atomic E-state index is 14.3. The van der Waals surface area contributed by atoms with Gasteiger partial charge in [0.15, 0.2) is 11.3 Å². The topological polar surface area (TPSA) is 109 Å². The van der Waals surface area contributed by atoms with Crippen LogP contribution in [0.5, 0.6) is 0 Å². The Balaban J connectivity index is 2.24. The van der Waals surface area contributed by atoms with Crippen LogP contribution in [0.1, 0.15) is 29.8 Å². The fourth-order valence-electron chi connectivity index (χ4n) is 3.70. The van der Waals surface area contributed by atoms with Crippen LogP contribution in [-0.2, 0) is 15.9 Å². The van der Waals surface area contributed by atoms with E-state index in [-0.39, 0.29) is 31.0 Å². The van der Waals surface area contributed by atoms with Gasteiger partial charge in [-0.15, -0.1) is 0 Å². The van der Waals surface area contributed by atoms with E-state index in [1.165, 1.54) is 0 Å². The van der Waals surface area contributed by atoms with Crippen molar-refractivity contribution in [2.24, 2.45) is 4.99 Å². The van der Waals surface area contributed by atoms with E-state index in [9.17, 15) is 14.4 Å². The third-order valence-electron chi connectivity index (χ3n) is 5.16. The summed E-state index contributed by atoms with van der Waals surface area (Å²) in [5, 5.41) is 4.46. The molecule has 0 fully saturated rings. The van der Waals surface area contributed by atoms with Crippen LogP contribution in [0.25, 0.3) is 0 Å². The SMILES string of the molecule is CCOC(=O)NN(C(=O)OCC)C(Cc1ccccc1)(C(=O)c1ccc(Cl)cc1)C1=NCCN1. The van der Waals surface area contributed by atoms with Gasteiger partial charge in [-0.25, -0.2) is 15.0 Å². The molecule has 0 radical (unpaired) electrons. The third kappa shape index (κ3) is 5.48. The molecule has 180 valence electrons. The number of Topliss-reactive ketones (excluding diaryl/α,β-unsaturated/α-hetero) is 1. The molecule has 0 aromatic heterocycles. The average molecular weight is 487 g/mol. The number of ketones is 1. The Morgan fingerprint density at radius 3 is 2.32 bits per heavy atom. The average Bonchev–Trinajstić information content (AvgIpc) is 3.38. The first-order valence-corrected chi connectivity index (χ1v) is 11.3. The van der Waals surface area contributed by atoms with Crippen molar-refractivity contribution in [2.45, 2.75) is 25.8 Å². The van der Waals surface area contributed by atoms with E-state index < -0.39 is 23.5 Å². The Kier molecular flexibility index (Phi) is 8.48. The maximum absolute atomic E-state index is 14.3. The third-order valence-corrected chi connectivity index (χ3v) is 5.41. The predicted molar refractivity (Wildman–Crippen MR) is 128 cm³/mol. The first kappa shape index (κ1) is 25.0. The van der Waals surface area contributed by atoms with Crippen LogP contribution >= 0.6 is 11.6 Å². The molecule has 9 nitrogen and oxygen atoms in total. The number of aliphatic imine (C=N–C) groups is 1. The van der Waals surface area contributed by atoms with Crippen molar-refractivity contribution in [1.82, 2.24) is 15.8 Å². The van der Waals surface area contributed by atoms with Gasteiger partial charge in [-0.3, -0.25) is 9.79 Å². The minimum Gasteiger partial charge on any atom is -0.449 e. The number of halogens is 1. The van der Waals surface area contributed by atoms with Crippen LogP contribution in [0.2, 0.25) is 5.02 Å². The maximum Gasteiger partial charge on any atom is 0.430 e. The number of hydrazine groups is 1. The second-order valence-corrected chi connectivity index (χ2v) is 7.82.